The Morgan fingerprint density at radius 3 is 1.46 bits per heavy atom. The Hall–Kier alpha value is -4.78. The average Bonchev–Trinajstić information content (AvgIpc) is 3.11. The van der Waals surface area contributed by atoms with E-state index in [0.29, 0.717) is 24.3 Å². The van der Waals surface area contributed by atoms with Crippen molar-refractivity contribution in [2.45, 2.75) is 31.8 Å². The van der Waals surface area contributed by atoms with Gasteiger partial charge in [0.25, 0.3) is 0 Å². The van der Waals surface area contributed by atoms with Gasteiger partial charge in [-0.25, -0.2) is 0 Å². The second-order valence-electron chi connectivity index (χ2n) is 11.4. The van der Waals surface area contributed by atoms with Crippen molar-refractivity contribution in [1.29, 1.82) is 0 Å². The molecule has 5 aromatic rings. The van der Waals surface area contributed by atoms with E-state index in [1.165, 1.54) is 0 Å². The van der Waals surface area contributed by atoms with Gasteiger partial charge in [0.05, 0.1) is 7.11 Å². The number of amides is 2. The van der Waals surface area contributed by atoms with Crippen LogP contribution >= 0.6 is 38.6 Å². The minimum atomic E-state index is -0.764. The number of methoxy groups -OCH3 is 1. The average molecular weight is 732 g/mol. The van der Waals surface area contributed by atoms with E-state index in [2.05, 4.69) is 25.6 Å². The lowest BCUT2D eigenvalue weighted by atomic mass is 10.0. The van der Waals surface area contributed by atoms with Gasteiger partial charge in [-0.15, -0.1) is 0 Å². The predicted octanol–water partition coefficient (Wildman–Crippen LogP) is 6.44. The monoisotopic (exact) mass is 731 g/mol. The van der Waals surface area contributed by atoms with Crippen LogP contribution in [-0.4, -0.2) is 60.1 Å². The normalized spacial score (nSPS) is 11.5. The Morgan fingerprint density at radius 2 is 1.06 bits per heavy atom. The van der Waals surface area contributed by atoms with Crippen molar-refractivity contribution >= 4 is 73.7 Å². The number of likely N-dealkylation sites (N-methyl/N-ethyl adjacent to an activating group) is 2. The van der Waals surface area contributed by atoms with Crippen LogP contribution in [0.3, 0.4) is 0 Å². The van der Waals surface area contributed by atoms with E-state index < -0.39 is 12.1 Å². The molecule has 1 heterocycles. The van der Waals surface area contributed by atoms with Gasteiger partial charge in [-0.2, -0.15) is 41.9 Å². The smallest absolute Gasteiger partial charge is 0.249 e. The lowest BCUT2D eigenvalue weighted by Crippen LogP contribution is -2.43. The zero-order chi connectivity index (χ0) is 34.0. The summed E-state index contributed by atoms with van der Waals surface area (Å²) in [5.41, 5.74) is 4.44. The zero-order valence-corrected chi connectivity index (χ0v) is 31.1. The molecule has 0 spiro atoms. The number of hydrogen-bond acceptors (Lipinski definition) is 8. The fourth-order valence-corrected chi connectivity index (χ4v) is 5.35. The van der Waals surface area contributed by atoms with Crippen LogP contribution in [0.2, 0.25) is 5.28 Å². The largest absolute Gasteiger partial charge is 0.497 e. The first kappa shape index (κ1) is 39.7. The Kier molecular flexibility index (Phi) is 14.9. The number of carbonyl (C=O) groups is 2. The number of benzene rings is 4. The highest BCUT2D eigenvalue weighted by Gasteiger charge is 2.27. The number of nitrogens with one attached hydrogen (secondary N) is 2. The van der Waals surface area contributed by atoms with Crippen molar-refractivity contribution in [2.24, 2.45) is 0 Å². The minimum absolute atomic E-state index is 0. The van der Waals surface area contributed by atoms with Crippen molar-refractivity contribution in [3.05, 3.63) is 131 Å². The summed E-state index contributed by atoms with van der Waals surface area (Å²) in [6.07, 6.45) is 0.715. The first-order chi connectivity index (χ1) is 23.2. The van der Waals surface area contributed by atoms with Gasteiger partial charge in [-0.05, 0) is 66.0 Å². The second-order valence-corrected chi connectivity index (χ2v) is 11.7. The Labute approximate surface area is 312 Å². The van der Waals surface area contributed by atoms with Crippen LogP contribution in [0.4, 0.5) is 23.3 Å². The van der Waals surface area contributed by atoms with Crippen LogP contribution in [0.5, 0.6) is 5.75 Å². The quantitative estimate of drug-likeness (QED) is 0.142. The topological polar surface area (TPSA) is 113 Å². The van der Waals surface area contributed by atoms with E-state index >= 15 is 0 Å². The molecule has 1 aromatic heterocycles. The number of nitrogens with zero attached hydrogens (tertiary/aromatic N) is 5. The van der Waals surface area contributed by atoms with Gasteiger partial charge >= 0.3 is 0 Å². The molecule has 0 fully saturated rings. The van der Waals surface area contributed by atoms with Crippen molar-refractivity contribution in [3.8, 4) is 5.75 Å². The Balaban J connectivity index is 0.00000338. The molecule has 262 valence electrons. The van der Waals surface area contributed by atoms with Crippen molar-refractivity contribution < 1.29 is 14.3 Å². The van der Waals surface area contributed by atoms with Gasteiger partial charge in [-0.3, -0.25) is 9.59 Å². The first-order valence-electron chi connectivity index (χ1n) is 15.5. The number of hydrogen-bond donors (Lipinski definition) is 2. The second kappa shape index (κ2) is 18.8. The van der Waals surface area contributed by atoms with Crippen LogP contribution in [0.25, 0.3) is 0 Å². The maximum absolute atomic E-state index is 13.9. The summed E-state index contributed by atoms with van der Waals surface area (Å²) >= 11 is 6.41. The number of rotatable bonds is 13. The van der Waals surface area contributed by atoms with Gasteiger partial charge in [-0.1, -0.05) is 78.4 Å². The summed E-state index contributed by atoms with van der Waals surface area (Å²) in [6.45, 7) is 2.00. The third-order valence-corrected chi connectivity index (χ3v) is 8.09. The third kappa shape index (κ3) is 10.6. The Morgan fingerprint density at radius 1 is 0.660 bits per heavy atom. The van der Waals surface area contributed by atoms with Crippen LogP contribution in [-0.2, 0) is 22.4 Å². The highest BCUT2D eigenvalue weighted by atomic mass is 35.5. The van der Waals surface area contributed by atoms with E-state index in [4.69, 9.17) is 16.3 Å². The number of halogens is 1. The molecule has 10 nitrogen and oxygen atoms in total. The molecule has 2 amide bonds. The fourth-order valence-electron chi connectivity index (χ4n) is 5.19. The summed E-state index contributed by atoms with van der Waals surface area (Å²) in [7, 11) is 5.04. The SMILES string of the molecule is COc1ccc(N(C)C(=O)[C@H](Cc2ccccc2)Nc2nc(Cl)nc(N[C@@H](Cc3ccccc3)C(=O)N(C)c3ccc(C)cc3)n2)cc1.S.S. The molecule has 50 heavy (non-hydrogen) atoms. The molecule has 0 aliphatic rings. The fraction of sp³-hybridized carbons (Fsp3) is 0.216. The minimum Gasteiger partial charge on any atom is -0.497 e. The lowest BCUT2D eigenvalue weighted by Gasteiger charge is -2.26. The molecule has 0 saturated carbocycles. The molecule has 0 aliphatic heterocycles. The number of carbonyl (C=O) groups excluding carboxylic acids is 2. The van der Waals surface area contributed by atoms with Crippen molar-refractivity contribution in [1.82, 2.24) is 15.0 Å². The predicted molar refractivity (Wildman–Crippen MR) is 212 cm³/mol. The summed E-state index contributed by atoms with van der Waals surface area (Å²) in [6, 6.07) is 32.8. The molecule has 0 bridgehead atoms. The van der Waals surface area contributed by atoms with E-state index in [9.17, 15) is 9.59 Å². The summed E-state index contributed by atoms with van der Waals surface area (Å²) in [4.78, 5) is 44.2. The van der Waals surface area contributed by atoms with Gasteiger partial charge in [0.15, 0.2) is 0 Å². The molecule has 0 radical (unpaired) electrons. The Bertz CT molecular complexity index is 1820. The number of aryl methyl sites for hydroxylation is 1. The molecule has 5 rings (SSSR count). The molecule has 0 unspecified atom stereocenters. The number of anilines is 4. The van der Waals surface area contributed by atoms with Gasteiger partial charge in [0.1, 0.15) is 17.8 Å². The molecule has 2 atom stereocenters. The highest BCUT2D eigenvalue weighted by Crippen LogP contribution is 2.22. The van der Waals surface area contributed by atoms with Crippen LogP contribution in [0.15, 0.2) is 109 Å². The summed E-state index contributed by atoms with van der Waals surface area (Å²) in [5.74, 6) is 0.470. The van der Waals surface area contributed by atoms with Crippen LogP contribution in [0, 0.1) is 6.92 Å². The third-order valence-electron chi connectivity index (χ3n) is 7.92. The molecular formula is C37H42ClN7O3S2. The van der Waals surface area contributed by atoms with Crippen molar-refractivity contribution in [2.75, 3.05) is 41.6 Å². The number of aromatic nitrogens is 3. The molecule has 0 aliphatic carbocycles. The van der Waals surface area contributed by atoms with E-state index in [1.54, 1.807) is 43.1 Å². The van der Waals surface area contributed by atoms with E-state index in [1.807, 2.05) is 104 Å². The lowest BCUT2D eigenvalue weighted by molar-refractivity contribution is -0.119. The molecule has 2 N–H and O–H groups in total. The summed E-state index contributed by atoms with van der Waals surface area (Å²) in [5, 5.41) is 6.29. The van der Waals surface area contributed by atoms with Gasteiger partial charge in [0, 0.05) is 38.3 Å². The molecule has 4 aromatic carbocycles. The molecular weight excluding hydrogens is 690 g/mol. The maximum atomic E-state index is 13.9. The molecule has 0 saturated heterocycles. The molecule has 13 heteroatoms. The van der Waals surface area contributed by atoms with E-state index in [-0.39, 0.29) is 56.0 Å². The highest BCUT2D eigenvalue weighted by molar-refractivity contribution is 7.59. The summed E-state index contributed by atoms with van der Waals surface area (Å²) < 4.78 is 5.27. The van der Waals surface area contributed by atoms with Crippen LogP contribution in [0.1, 0.15) is 16.7 Å². The van der Waals surface area contributed by atoms with E-state index in [0.717, 1.165) is 22.4 Å². The van der Waals surface area contributed by atoms with Crippen molar-refractivity contribution in [3.63, 3.8) is 0 Å². The van der Waals surface area contributed by atoms with Gasteiger partial charge in [0.2, 0.25) is 29.0 Å². The number of ether oxygens (including phenoxy) is 1. The van der Waals surface area contributed by atoms with Crippen LogP contribution < -0.4 is 25.2 Å². The maximum Gasteiger partial charge on any atom is 0.249 e. The standard InChI is InChI=1S/C37H38ClN7O3.2H2S/c1-25-15-17-28(18-16-25)44(2)33(46)31(23-26-11-7-5-8-12-26)39-36-41-35(38)42-37(43-36)40-32(24-27-13-9-6-10-14-27)34(47)45(3)29-19-21-30(48-4)22-20-29;;/h5-22,31-32H,23-24H2,1-4H3,(H2,39,40,41,42,43);2*1H2/t31-,32-;;/m0../s1. The van der Waals surface area contributed by atoms with Gasteiger partial charge < -0.3 is 25.2 Å². The first-order valence-corrected chi connectivity index (χ1v) is 15.9. The zero-order valence-electron chi connectivity index (χ0n) is 28.3.